The van der Waals surface area contributed by atoms with Crippen molar-refractivity contribution >= 4 is 23.0 Å². The second-order valence-corrected chi connectivity index (χ2v) is 10.4. The first-order valence-electron chi connectivity index (χ1n) is 12.4. The van der Waals surface area contributed by atoms with Gasteiger partial charge < -0.3 is 18.5 Å². The fourth-order valence-electron chi connectivity index (χ4n) is 6.29. The molecule has 3 aliphatic rings. The van der Waals surface area contributed by atoms with E-state index < -0.39 is 16.7 Å². The number of amidine groups is 1. The standard InChI is InChI=1S/C28H26N6O3S/c1-35-23-9-3-2-8-22(23)24-27(14-29)16-32(12-20-6-4-10-36-20)17-28(24,15-30)26(38)34-19-33(18-31-25(27)34)13-21-7-5-11-37-21/h2-11,24H,12-13,16-19H2,1H3/t24-,27-,28-/m1/s1. The maximum Gasteiger partial charge on any atom is 0.136 e. The molecule has 3 aliphatic heterocycles. The van der Waals surface area contributed by atoms with Gasteiger partial charge in [-0.25, -0.2) is 0 Å². The molecular formula is C28H26N6O3S. The summed E-state index contributed by atoms with van der Waals surface area (Å²) in [5, 5.41) is 22.0. The zero-order chi connectivity index (χ0) is 26.3. The molecule has 0 radical (unpaired) electrons. The van der Waals surface area contributed by atoms with Crippen LogP contribution < -0.4 is 4.74 Å². The van der Waals surface area contributed by atoms with E-state index in [-0.39, 0.29) is 0 Å². The summed E-state index contributed by atoms with van der Waals surface area (Å²) >= 11 is 6.15. The van der Waals surface area contributed by atoms with Crippen LogP contribution in [0.5, 0.6) is 5.75 Å². The third-order valence-electron chi connectivity index (χ3n) is 7.74. The lowest BCUT2D eigenvalue weighted by Crippen LogP contribution is -2.73. The quantitative estimate of drug-likeness (QED) is 0.441. The molecule has 0 amide bonds. The number of fused-ring (bicyclic) bond motifs is 4. The largest absolute Gasteiger partial charge is 0.496 e. The van der Waals surface area contributed by atoms with Crippen LogP contribution in [0.3, 0.4) is 0 Å². The number of para-hydroxylation sites is 1. The van der Waals surface area contributed by atoms with Crippen LogP contribution in [0, 0.1) is 33.5 Å². The normalized spacial score (nSPS) is 27.2. The smallest absolute Gasteiger partial charge is 0.136 e. The van der Waals surface area contributed by atoms with Crippen molar-refractivity contribution in [2.24, 2.45) is 15.8 Å². The highest BCUT2D eigenvalue weighted by molar-refractivity contribution is 7.80. The first kappa shape index (κ1) is 24.4. The zero-order valence-electron chi connectivity index (χ0n) is 20.9. The number of thiocarbonyl (C=S) groups is 1. The molecular weight excluding hydrogens is 500 g/mol. The number of likely N-dealkylation sites (tertiary alicyclic amines) is 1. The Bertz CT molecular complexity index is 1460. The van der Waals surface area contributed by atoms with E-state index in [9.17, 15) is 10.5 Å². The van der Waals surface area contributed by atoms with E-state index in [0.29, 0.717) is 56.1 Å². The molecule has 192 valence electrons. The highest BCUT2D eigenvalue weighted by Gasteiger charge is 2.68. The average Bonchev–Trinajstić information content (AvgIpc) is 3.66. The first-order chi connectivity index (χ1) is 18.5. The van der Waals surface area contributed by atoms with Crippen LogP contribution in [0.1, 0.15) is 23.0 Å². The second kappa shape index (κ2) is 9.41. The van der Waals surface area contributed by atoms with Gasteiger partial charge in [0.1, 0.15) is 38.9 Å². The number of furan rings is 2. The Hall–Kier alpha value is -3.96. The zero-order valence-corrected chi connectivity index (χ0v) is 21.7. The number of ether oxygens (including phenoxy) is 1. The SMILES string of the molecule is COc1ccccc1[C@H]1[C@@]2(C#N)CN(Cc3ccco3)C[C@@]1(C#N)C1=NCN(Cc3ccco3)CN1C2=S. The Balaban J connectivity index is 1.50. The van der Waals surface area contributed by atoms with E-state index >= 15 is 0 Å². The topological polar surface area (TPSA) is 105 Å². The summed E-state index contributed by atoms with van der Waals surface area (Å²) in [6.45, 7) is 2.52. The van der Waals surface area contributed by atoms with E-state index in [1.54, 1.807) is 19.6 Å². The highest BCUT2D eigenvalue weighted by atomic mass is 32.1. The van der Waals surface area contributed by atoms with E-state index in [0.717, 1.165) is 17.1 Å². The molecule has 3 atom stereocenters. The molecule has 0 unspecified atom stereocenters. The molecule has 2 fully saturated rings. The maximum absolute atomic E-state index is 11.0. The van der Waals surface area contributed by atoms with Crippen molar-refractivity contribution in [2.75, 3.05) is 33.5 Å². The van der Waals surface area contributed by atoms with Crippen LogP contribution in [0.15, 0.2) is 74.9 Å². The number of benzene rings is 1. The van der Waals surface area contributed by atoms with Crippen molar-refractivity contribution in [1.29, 1.82) is 10.5 Å². The number of hydrogen-bond donors (Lipinski definition) is 0. The summed E-state index contributed by atoms with van der Waals surface area (Å²) in [5.74, 6) is 2.24. The molecule has 38 heavy (non-hydrogen) atoms. The number of methoxy groups -OCH3 is 1. The van der Waals surface area contributed by atoms with Gasteiger partial charge in [0.25, 0.3) is 0 Å². The number of piperidine rings is 2. The van der Waals surface area contributed by atoms with Gasteiger partial charge in [0.05, 0.1) is 58.2 Å². The molecule has 0 saturated carbocycles. The Kier molecular flexibility index (Phi) is 6.04. The van der Waals surface area contributed by atoms with Gasteiger partial charge in [-0.3, -0.25) is 14.8 Å². The second-order valence-electron chi connectivity index (χ2n) is 9.97. The van der Waals surface area contributed by atoms with E-state index in [2.05, 4.69) is 21.9 Å². The predicted molar refractivity (Wildman–Crippen MR) is 142 cm³/mol. The van der Waals surface area contributed by atoms with Gasteiger partial charge in [-0.05, 0) is 30.3 Å². The summed E-state index contributed by atoms with van der Waals surface area (Å²) in [5.41, 5.74) is -1.54. The summed E-state index contributed by atoms with van der Waals surface area (Å²) in [7, 11) is 1.61. The molecule has 2 aromatic heterocycles. The van der Waals surface area contributed by atoms with Crippen molar-refractivity contribution in [3.05, 3.63) is 78.1 Å². The van der Waals surface area contributed by atoms with Gasteiger partial charge in [0.15, 0.2) is 0 Å². The van der Waals surface area contributed by atoms with Gasteiger partial charge in [0, 0.05) is 24.6 Å². The lowest BCUT2D eigenvalue weighted by molar-refractivity contribution is 0.0471. The Morgan fingerprint density at radius 2 is 1.63 bits per heavy atom. The first-order valence-corrected chi connectivity index (χ1v) is 12.8. The Morgan fingerprint density at radius 3 is 2.26 bits per heavy atom. The van der Waals surface area contributed by atoms with Crippen LogP contribution in [0.4, 0.5) is 0 Å². The summed E-state index contributed by atoms with van der Waals surface area (Å²) in [4.78, 5) is 11.5. The predicted octanol–water partition coefficient (Wildman–Crippen LogP) is 3.97. The van der Waals surface area contributed by atoms with Gasteiger partial charge in [-0.15, -0.1) is 0 Å². The van der Waals surface area contributed by atoms with Crippen molar-refractivity contribution in [2.45, 2.75) is 19.0 Å². The fourth-order valence-corrected chi connectivity index (χ4v) is 6.67. The minimum atomic E-state index is -1.18. The van der Waals surface area contributed by atoms with E-state index in [1.165, 1.54) is 0 Å². The van der Waals surface area contributed by atoms with Crippen LogP contribution in [-0.2, 0) is 13.1 Å². The van der Waals surface area contributed by atoms with Crippen LogP contribution in [-0.4, -0.2) is 59.1 Å². The van der Waals surface area contributed by atoms with Crippen molar-refractivity contribution in [1.82, 2.24) is 14.7 Å². The van der Waals surface area contributed by atoms with Crippen LogP contribution in [0.25, 0.3) is 0 Å². The highest BCUT2D eigenvalue weighted by Crippen LogP contribution is 2.59. The minimum absolute atomic E-state index is 0.344. The molecule has 9 nitrogen and oxygen atoms in total. The Morgan fingerprint density at radius 1 is 0.974 bits per heavy atom. The number of nitrogens with zero attached hydrogens (tertiary/aromatic N) is 6. The third kappa shape index (κ3) is 3.64. The van der Waals surface area contributed by atoms with Gasteiger partial charge in [-0.1, -0.05) is 30.4 Å². The molecule has 10 heteroatoms. The molecule has 0 aliphatic carbocycles. The van der Waals surface area contributed by atoms with E-state index in [4.69, 9.17) is 30.8 Å². The molecule has 5 heterocycles. The number of aliphatic imine (C=N–C) groups is 1. The third-order valence-corrected chi connectivity index (χ3v) is 8.33. The number of rotatable bonds is 6. The average molecular weight is 527 g/mol. The maximum atomic E-state index is 11.0. The molecule has 2 saturated heterocycles. The molecule has 1 aromatic carbocycles. The molecule has 6 rings (SSSR count). The van der Waals surface area contributed by atoms with Crippen LogP contribution >= 0.6 is 12.2 Å². The van der Waals surface area contributed by atoms with Crippen LogP contribution in [0.2, 0.25) is 0 Å². The van der Waals surface area contributed by atoms with E-state index in [1.807, 2.05) is 53.4 Å². The van der Waals surface area contributed by atoms with Gasteiger partial charge in [0.2, 0.25) is 0 Å². The lowest BCUT2D eigenvalue weighted by Gasteiger charge is -2.60. The summed E-state index contributed by atoms with van der Waals surface area (Å²) in [6.07, 6.45) is 3.27. The molecule has 3 aromatic rings. The monoisotopic (exact) mass is 526 g/mol. The van der Waals surface area contributed by atoms with Gasteiger partial charge >= 0.3 is 0 Å². The van der Waals surface area contributed by atoms with Crippen molar-refractivity contribution in [3.8, 4) is 17.9 Å². The number of hydrogen-bond acceptors (Lipinski definition) is 9. The van der Waals surface area contributed by atoms with Crippen molar-refractivity contribution in [3.63, 3.8) is 0 Å². The Labute approximate surface area is 226 Å². The number of nitriles is 2. The summed E-state index contributed by atoms with van der Waals surface area (Å²) < 4.78 is 16.9. The lowest BCUT2D eigenvalue weighted by atomic mass is 9.53. The fraction of sp³-hybridized carbons (Fsp3) is 0.357. The summed E-state index contributed by atoms with van der Waals surface area (Å²) in [6, 6.07) is 20.4. The minimum Gasteiger partial charge on any atom is -0.496 e. The molecule has 0 spiro atoms. The van der Waals surface area contributed by atoms with Crippen molar-refractivity contribution < 1.29 is 13.6 Å². The molecule has 0 N–H and O–H groups in total. The molecule has 2 bridgehead atoms. The van der Waals surface area contributed by atoms with Gasteiger partial charge in [-0.2, -0.15) is 10.5 Å².